The van der Waals surface area contributed by atoms with Crippen LogP contribution >= 0.6 is 39.7 Å². The largest absolute Gasteiger partial charge is 0.493 e. The summed E-state index contributed by atoms with van der Waals surface area (Å²) < 4.78 is 38.5. The van der Waals surface area contributed by atoms with Crippen molar-refractivity contribution >= 4 is 81.5 Å². The van der Waals surface area contributed by atoms with Crippen molar-refractivity contribution in [3.8, 4) is 34.0 Å². The van der Waals surface area contributed by atoms with Crippen LogP contribution in [-0.2, 0) is 10.0 Å². The zero-order valence-electron chi connectivity index (χ0n) is 24.7. The van der Waals surface area contributed by atoms with Crippen LogP contribution in [0.15, 0.2) is 119 Å². The Morgan fingerprint density at radius 3 is 1.78 bits per heavy atom. The van der Waals surface area contributed by atoms with Crippen molar-refractivity contribution in [1.29, 1.82) is 0 Å². The molecular formula is C34H29BrN4O4S3. The lowest BCUT2D eigenvalue weighted by atomic mass is 10.0. The summed E-state index contributed by atoms with van der Waals surface area (Å²) in [7, 11) is -0.868. The molecule has 0 radical (unpaired) electrons. The first-order chi connectivity index (χ1) is 21.9. The molecule has 0 atom stereocenters. The van der Waals surface area contributed by atoms with E-state index in [1.54, 1.807) is 6.07 Å². The number of rotatable bonds is 7. The first-order valence-corrected chi connectivity index (χ1v) is 17.0. The van der Waals surface area contributed by atoms with Crippen LogP contribution in [0.4, 0.5) is 10.3 Å². The lowest BCUT2D eigenvalue weighted by molar-refractivity contribution is 0.354. The summed E-state index contributed by atoms with van der Waals surface area (Å²) in [5, 5.41) is 9.36. The van der Waals surface area contributed by atoms with E-state index in [9.17, 15) is 8.42 Å². The van der Waals surface area contributed by atoms with Crippen molar-refractivity contribution in [2.24, 2.45) is 0 Å². The molecule has 0 fully saturated rings. The zero-order valence-corrected chi connectivity index (χ0v) is 28.9. The molecule has 7 aromatic rings. The molecule has 0 unspecified atom stereocenters. The molecule has 46 heavy (non-hydrogen) atoms. The predicted molar refractivity (Wildman–Crippen MR) is 195 cm³/mol. The van der Waals surface area contributed by atoms with Crippen LogP contribution in [0, 0.1) is 0 Å². The van der Waals surface area contributed by atoms with Gasteiger partial charge in [-0.3, -0.25) is 4.72 Å². The van der Waals surface area contributed by atoms with Gasteiger partial charge in [-0.05, 0) is 33.7 Å². The Morgan fingerprint density at radius 2 is 1.22 bits per heavy atom. The van der Waals surface area contributed by atoms with Crippen molar-refractivity contribution < 1.29 is 17.9 Å². The summed E-state index contributed by atoms with van der Waals surface area (Å²) in [5.74, 6) is 0.796. The number of nitrogens with two attached hydrogens (primary N) is 1. The summed E-state index contributed by atoms with van der Waals surface area (Å²) >= 11 is 2.71. The molecule has 8 nitrogen and oxygen atoms in total. The zero-order chi connectivity index (χ0) is 31.4. The second-order valence-electron chi connectivity index (χ2n) is 9.78. The molecule has 0 aliphatic carbocycles. The third-order valence-electron chi connectivity index (χ3n) is 7.04. The normalized spacial score (nSPS) is 10.9. The van der Waals surface area contributed by atoms with Gasteiger partial charge >= 0.3 is 0 Å². The van der Waals surface area contributed by atoms with Crippen LogP contribution in [0.25, 0.3) is 44.1 Å². The molecule has 0 amide bonds. The monoisotopic (exact) mass is 732 g/mol. The Bertz CT molecular complexity index is 2220. The van der Waals surface area contributed by atoms with Gasteiger partial charge in [0.1, 0.15) is 0 Å². The minimum atomic E-state index is -3.82. The van der Waals surface area contributed by atoms with E-state index in [0.29, 0.717) is 21.8 Å². The molecule has 3 N–H and O–H groups in total. The van der Waals surface area contributed by atoms with Crippen molar-refractivity contribution in [3.63, 3.8) is 0 Å². The molecule has 2 aromatic heterocycles. The first-order valence-electron chi connectivity index (χ1n) is 13.7. The highest BCUT2D eigenvalue weighted by molar-refractivity contribution is 8.93. The Balaban J connectivity index is 0.000000207. The standard InChI is InChI=1S/C21H18N2O4S2.C13H10N2S.BrH/c1-26-19-11-10-15(12-20(19)27-2)29(24,25)23-21-22-18(13-28-21)17-9-5-7-14-6-3-4-8-16(14)17;14-13-15-12(8-16-13)11-7-3-5-9-4-1-2-6-10(9)11;/h3-13H,1-2H3,(H,22,23);1-8H,(H2,14,15);1H. The fraction of sp³-hybridized carbons (Fsp3) is 0.0588. The highest BCUT2D eigenvalue weighted by Crippen LogP contribution is 2.34. The van der Waals surface area contributed by atoms with Gasteiger partial charge in [-0.1, -0.05) is 84.9 Å². The summed E-state index contributed by atoms with van der Waals surface area (Å²) in [6, 6.07) is 33.0. The van der Waals surface area contributed by atoms with E-state index >= 15 is 0 Å². The molecule has 0 aliphatic heterocycles. The van der Waals surface area contributed by atoms with E-state index < -0.39 is 10.0 Å². The summed E-state index contributed by atoms with van der Waals surface area (Å²) in [4.78, 5) is 8.88. The third kappa shape index (κ3) is 7.00. The van der Waals surface area contributed by atoms with Gasteiger partial charge < -0.3 is 15.2 Å². The number of thiazole rings is 2. The van der Waals surface area contributed by atoms with Crippen molar-refractivity contribution in [1.82, 2.24) is 9.97 Å². The molecule has 234 valence electrons. The molecule has 12 heteroatoms. The number of nitrogens with zero attached hydrogens (tertiary/aromatic N) is 2. The smallest absolute Gasteiger partial charge is 0.263 e. The molecule has 2 heterocycles. The Kier molecular flexibility index (Phi) is 10.2. The SMILES string of the molecule is Br.COc1ccc(S(=O)(=O)Nc2nc(-c3cccc4ccccc34)cs2)cc1OC.Nc1nc(-c2cccc3ccccc23)cs1. The number of fused-ring (bicyclic) bond motifs is 2. The van der Waals surface area contributed by atoms with Gasteiger partial charge in [0.2, 0.25) is 0 Å². The van der Waals surface area contributed by atoms with Gasteiger partial charge in [-0.15, -0.1) is 39.7 Å². The minimum absolute atomic E-state index is 0. The topological polar surface area (TPSA) is 116 Å². The van der Waals surface area contributed by atoms with Crippen LogP contribution < -0.4 is 19.9 Å². The van der Waals surface area contributed by atoms with Crippen molar-refractivity contribution in [2.45, 2.75) is 4.90 Å². The van der Waals surface area contributed by atoms with Crippen molar-refractivity contribution in [3.05, 3.63) is 114 Å². The van der Waals surface area contributed by atoms with Crippen LogP contribution in [-0.4, -0.2) is 32.6 Å². The van der Waals surface area contributed by atoms with Gasteiger partial charge in [0, 0.05) is 28.0 Å². The highest BCUT2D eigenvalue weighted by atomic mass is 79.9. The van der Waals surface area contributed by atoms with Crippen LogP contribution in [0.2, 0.25) is 0 Å². The maximum absolute atomic E-state index is 12.8. The molecule has 7 rings (SSSR count). The summed E-state index contributed by atoms with van der Waals surface area (Å²) in [6.07, 6.45) is 0. The number of anilines is 2. The molecular weight excluding hydrogens is 705 g/mol. The number of hydrogen-bond donors (Lipinski definition) is 2. The number of methoxy groups -OCH3 is 2. The Hall–Kier alpha value is -4.49. The van der Waals surface area contributed by atoms with Crippen LogP contribution in [0.5, 0.6) is 11.5 Å². The maximum Gasteiger partial charge on any atom is 0.263 e. The number of hydrogen-bond acceptors (Lipinski definition) is 9. The number of sulfonamides is 1. The second kappa shape index (κ2) is 14.3. The van der Waals surface area contributed by atoms with Crippen LogP contribution in [0.1, 0.15) is 0 Å². The van der Waals surface area contributed by atoms with E-state index in [-0.39, 0.29) is 21.9 Å². The molecule has 5 aromatic carbocycles. The lowest BCUT2D eigenvalue weighted by Gasteiger charge is -2.10. The van der Waals surface area contributed by atoms with E-state index in [4.69, 9.17) is 15.2 Å². The number of nitrogens with one attached hydrogen (secondary N) is 1. The van der Waals surface area contributed by atoms with Gasteiger partial charge in [0.05, 0.1) is 30.5 Å². The highest BCUT2D eigenvalue weighted by Gasteiger charge is 2.19. The van der Waals surface area contributed by atoms with E-state index in [0.717, 1.165) is 33.3 Å². The van der Waals surface area contributed by atoms with Gasteiger partial charge in [-0.25, -0.2) is 18.4 Å². The summed E-state index contributed by atoms with van der Waals surface area (Å²) in [6.45, 7) is 0. The number of halogens is 1. The predicted octanol–water partition coefficient (Wildman–Crippen LogP) is 8.90. The molecule has 0 saturated heterocycles. The quantitative estimate of drug-likeness (QED) is 0.168. The van der Waals surface area contributed by atoms with E-state index in [2.05, 4.69) is 39.0 Å². The number of benzene rings is 5. The number of aromatic nitrogens is 2. The van der Waals surface area contributed by atoms with Crippen molar-refractivity contribution in [2.75, 3.05) is 24.7 Å². The summed E-state index contributed by atoms with van der Waals surface area (Å²) in [5.41, 5.74) is 9.44. The van der Waals surface area contributed by atoms with Gasteiger partial charge in [0.25, 0.3) is 10.0 Å². The molecule has 0 bridgehead atoms. The second-order valence-corrected chi connectivity index (χ2v) is 13.2. The maximum atomic E-state index is 12.8. The van der Waals surface area contributed by atoms with E-state index in [1.165, 1.54) is 59.8 Å². The fourth-order valence-electron chi connectivity index (χ4n) is 4.91. The Labute approximate surface area is 285 Å². The van der Waals surface area contributed by atoms with Gasteiger partial charge in [0.15, 0.2) is 21.8 Å². The molecule has 0 saturated carbocycles. The van der Waals surface area contributed by atoms with Gasteiger partial charge in [-0.2, -0.15) is 0 Å². The number of nitrogen functional groups attached to an aromatic ring is 1. The average Bonchev–Trinajstić information content (AvgIpc) is 3.72. The average molecular weight is 734 g/mol. The Morgan fingerprint density at radius 1 is 0.674 bits per heavy atom. The van der Waals surface area contributed by atoms with Crippen LogP contribution in [0.3, 0.4) is 0 Å². The van der Waals surface area contributed by atoms with E-state index in [1.807, 2.05) is 71.4 Å². The number of ether oxygens (including phenoxy) is 2. The first kappa shape index (κ1) is 32.9. The molecule has 0 aliphatic rings. The minimum Gasteiger partial charge on any atom is -0.493 e. The molecule has 0 spiro atoms. The lowest BCUT2D eigenvalue weighted by Crippen LogP contribution is -2.13. The third-order valence-corrected chi connectivity index (χ3v) is 9.94. The fourth-order valence-corrected chi connectivity index (χ4v) is 7.45.